The number of ether oxygens (including phenoxy) is 1. The number of thiazole rings is 1. The third kappa shape index (κ3) is 3.40. The first kappa shape index (κ1) is 13.2. The van der Waals surface area contributed by atoms with Crippen LogP contribution < -0.4 is 0 Å². The summed E-state index contributed by atoms with van der Waals surface area (Å²) in [6, 6.07) is 0. The standard InChI is InChI=1S/C8H8ClN5O2S2/c1-16-6(15)3-14-8(11-12-13-14)17-4-5-2-10-7(9)18-5/h2H,3-4H2,1H3. The average Bonchev–Trinajstić information content (AvgIpc) is 2.96. The topological polar surface area (TPSA) is 82.8 Å². The molecular weight excluding hydrogens is 298 g/mol. The van der Waals surface area contributed by atoms with Crippen LogP contribution in [-0.2, 0) is 21.8 Å². The predicted molar refractivity (Wildman–Crippen MR) is 66.5 cm³/mol. The Kier molecular flexibility index (Phi) is 4.50. The maximum absolute atomic E-state index is 11.1. The van der Waals surface area contributed by atoms with Gasteiger partial charge in [0.2, 0.25) is 5.16 Å². The molecule has 0 atom stereocenters. The molecule has 0 N–H and O–H groups in total. The average molecular weight is 306 g/mol. The molecule has 0 amide bonds. The summed E-state index contributed by atoms with van der Waals surface area (Å²) in [5.74, 6) is 0.247. The summed E-state index contributed by atoms with van der Waals surface area (Å²) in [4.78, 5) is 16.1. The Labute approximate surface area is 115 Å². The zero-order valence-electron chi connectivity index (χ0n) is 9.24. The second kappa shape index (κ2) is 6.12. The summed E-state index contributed by atoms with van der Waals surface area (Å²) in [6.07, 6.45) is 1.70. The molecule has 7 nitrogen and oxygen atoms in total. The van der Waals surface area contributed by atoms with Gasteiger partial charge in [-0.3, -0.25) is 4.79 Å². The van der Waals surface area contributed by atoms with Crippen LogP contribution in [0, 0.1) is 0 Å². The molecule has 0 aliphatic carbocycles. The van der Waals surface area contributed by atoms with E-state index in [1.165, 1.54) is 34.9 Å². The molecule has 0 aliphatic rings. The summed E-state index contributed by atoms with van der Waals surface area (Å²) in [5.41, 5.74) is 0. The van der Waals surface area contributed by atoms with Gasteiger partial charge in [0.15, 0.2) is 4.47 Å². The predicted octanol–water partition coefficient (Wildman–Crippen LogP) is 1.25. The van der Waals surface area contributed by atoms with Crippen LogP contribution in [0.5, 0.6) is 0 Å². The van der Waals surface area contributed by atoms with Crippen LogP contribution in [0.4, 0.5) is 0 Å². The number of esters is 1. The van der Waals surface area contributed by atoms with E-state index >= 15 is 0 Å². The van der Waals surface area contributed by atoms with Crippen LogP contribution in [0.3, 0.4) is 0 Å². The van der Waals surface area contributed by atoms with Crippen LogP contribution in [-0.4, -0.2) is 38.3 Å². The molecule has 0 saturated heterocycles. The highest BCUT2D eigenvalue weighted by Gasteiger charge is 2.11. The molecule has 2 aromatic heterocycles. The molecule has 0 saturated carbocycles. The van der Waals surface area contributed by atoms with Gasteiger partial charge >= 0.3 is 5.97 Å². The first-order chi connectivity index (χ1) is 8.69. The van der Waals surface area contributed by atoms with E-state index in [9.17, 15) is 4.79 Å². The van der Waals surface area contributed by atoms with Crippen molar-refractivity contribution >= 4 is 40.7 Å². The van der Waals surface area contributed by atoms with Crippen LogP contribution in [0.2, 0.25) is 4.47 Å². The molecule has 0 bridgehead atoms. The summed E-state index contributed by atoms with van der Waals surface area (Å²) in [6.45, 7) is -0.00468. The number of tetrazole rings is 1. The maximum atomic E-state index is 11.1. The molecule has 2 heterocycles. The molecule has 10 heteroatoms. The van der Waals surface area contributed by atoms with Gasteiger partial charge < -0.3 is 4.74 Å². The van der Waals surface area contributed by atoms with Crippen molar-refractivity contribution in [2.75, 3.05) is 7.11 Å². The number of hydrogen-bond donors (Lipinski definition) is 0. The summed E-state index contributed by atoms with van der Waals surface area (Å²) < 4.78 is 6.44. The zero-order valence-corrected chi connectivity index (χ0v) is 11.6. The van der Waals surface area contributed by atoms with Gasteiger partial charge in [0, 0.05) is 16.8 Å². The van der Waals surface area contributed by atoms with Gasteiger partial charge in [0.25, 0.3) is 0 Å². The van der Waals surface area contributed by atoms with E-state index in [0.29, 0.717) is 15.4 Å². The molecule has 0 unspecified atom stereocenters. The molecule has 2 aromatic rings. The molecule has 96 valence electrons. The van der Waals surface area contributed by atoms with Crippen molar-refractivity contribution in [2.45, 2.75) is 17.5 Å². The summed E-state index contributed by atoms with van der Waals surface area (Å²) >= 11 is 8.53. The Morgan fingerprint density at radius 3 is 3.17 bits per heavy atom. The molecule has 0 aromatic carbocycles. The normalized spacial score (nSPS) is 10.6. The fraction of sp³-hybridized carbons (Fsp3) is 0.375. The Balaban J connectivity index is 1.97. The quantitative estimate of drug-likeness (QED) is 0.607. The van der Waals surface area contributed by atoms with Gasteiger partial charge in [-0.2, -0.15) is 0 Å². The largest absolute Gasteiger partial charge is 0.468 e. The van der Waals surface area contributed by atoms with E-state index in [-0.39, 0.29) is 6.54 Å². The van der Waals surface area contributed by atoms with Gasteiger partial charge in [0.1, 0.15) is 6.54 Å². The Hall–Kier alpha value is -1.19. The Bertz CT molecular complexity index is 543. The highest BCUT2D eigenvalue weighted by Crippen LogP contribution is 2.25. The van der Waals surface area contributed by atoms with E-state index < -0.39 is 5.97 Å². The molecule has 18 heavy (non-hydrogen) atoms. The number of halogens is 1. The van der Waals surface area contributed by atoms with E-state index in [2.05, 4.69) is 25.2 Å². The van der Waals surface area contributed by atoms with Crippen molar-refractivity contribution in [3.8, 4) is 0 Å². The minimum atomic E-state index is -0.398. The number of nitrogens with zero attached hydrogens (tertiary/aromatic N) is 5. The van der Waals surface area contributed by atoms with E-state index in [4.69, 9.17) is 11.6 Å². The second-order valence-corrected chi connectivity index (χ2v) is 5.70. The SMILES string of the molecule is COC(=O)Cn1nnnc1SCc1cnc(Cl)s1. The first-order valence-electron chi connectivity index (χ1n) is 4.75. The fourth-order valence-corrected chi connectivity index (χ4v) is 2.95. The first-order valence-corrected chi connectivity index (χ1v) is 6.93. The molecule has 0 radical (unpaired) electrons. The van der Waals surface area contributed by atoms with Crippen LogP contribution >= 0.6 is 34.7 Å². The van der Waals surface area contributed by atoms with Crippen molar-refractivity contribution in [3.63, 3.8) is 0 Å². The van der Waals surface area contributed by atoms with Crippen LogP contribution in [0.25, 0.3) is 0 Å². The third-order valence-electron chi connectivity index (χ3n) is 1.87. The maximum Gasteiger partial charge on any atom is 0.327 e. The van der Waals surface area contributed by atoms with Crippen molar-refractivity contribution in [1.29, 1.82) is 0 Å². The van der Waals surface area contributed by atoms with Gasteiger partial charge in [-0.05, 0) is 10.4 Å². The minimum absolute atomic E-state index is 0.00468. The third-order valence-corrected chi connectivity index (χ3v) is 4.18. The van der Waals surface area contributed by atoms with Crippen molar-refractivity contribution in [3.05, 3.63) is 15.5 Å². The van der Waals surface area contributed by atoms with E-state index in [1.54, 1.807) is 6.20 Å². The van der Waals surface area contributed by atoms with E-state index in [1.807, 2.05) is 0 Å². The lowest BCUT2D eigenvalue weighted by Gasteiger charge is -2.01. The van der Waals surface area contributed by atoms with Gasteiger partial charge in [-0.15, -0.1) is 16.4 Å². The van der Waals surface area contributed by atoms with Crippen LogP contribution in [0.1, 0.15) is 4.88 Å². The molecule has 0 fully saturated rings. The highest BCUT2D eigenvalue weighted by molar-refractivity contribution is 7.98. The van der Waals surface area contributed by atoms with Crippen molar-refractivity contribution in [2.24, 2.45) is 0 Å². The zero-order chi connectivity index (χ0) is 13.0. The lowest BCUT2D eigenvalue weighted by Crippen LogP contribution is -2.13. The number of aromatic nitrogens is 5. The second-order valence-electron chi connectivity index (χ2n) is 3.06. The van der Waals surface area contributed by atoms with Crippen molar-refractivity contribution < 1.29 is 9.53 Å². The number of rotatable bonds is 5. The Morgan fingerprint density at radius 1 is 1.67 bits per heavy atom. The molecule has 0 spiro atoms. The number of hydrogen-bond acceptors (Lipinski definition) is 8. The Morgan fingerprint density at radius 2 is 2.50 bits per heavy atom. The lowest BCUT2D eigenvalue weighted by molar-refractivity contribution is -0.141. The lowest BCUT2D eigenvalue weighted by atomic mass is 10.6. The van der Waals surface area contributed by atoms with Crippen LogP contribution in [0.15, 0.2) is 11.4 Å². The van der Waals surface area contributed by atoms with Gasteiger partial charge in [-0.1, -0.05) is 23.4 Å². The van der Waals surface area contributed by atoms with Gasteiger partial charge in [-0.25, -0.2) is 9.67 Å². The smallest absolute Gasteiger partial charge is 0.327 e. The van der Waals surface area contributed by atoms with Gasteiger partial charge in [0.05, 0.1) is 7.11 Å². The van der Waals surface area contributed by atoms with Crippen molar-refractivity contribution in [1.82, 2.24) is 25.2 Å². The summed E-state index contributed by atoms with van der Waals surface area (Å²) in [7, 11) is 1.32. The highest BCUT2D eigenvalue weighted by atomic mass is 35.5. The number of carbonyl (C=O) groups is 1. The molecular formula is C8H8ClN5O2S2. The number of methoxy groups -OCH3 is 1. The molecule has 2 rings (SSSR count). The number of carbonyl (C=O) groups excluding carboxylic acids is 1. The molecule has 0 aliphatic heterocycles. The van der Waals surface area contributed by atoms with E-state index in [0.717, 1.165) is 4.88 Å². The fourth-order valence-electron chi connectivity index (χ4n) is 1.07. The minimum Gasteiger partial charge on any atom is -0.468 e. The number of thioether (sulfide) groups is 1. The monoisotopic (exact) mass is 305 g/mol. The summed E-state index contributed by atoms with van der Waals surface area (Å²) in [5, 5.41) is 11.6.